The summed E-state index contributed by atoms with van der Waals surface area (Å²) in [7, 11) is 1.68. The molecule has 1 aliphatic rings. The summed E-state index contributed by atoms with van der Waals surface area (Å²) in [6.07, 6.45) is 0. The number of carbonyl (C=O) groups excluding carboxylic acids is 1. The number of rotatable bonds is 5. The van der Waals surface area contributed by atoms with Crippen molar-refractivity contribution in [3.8, 4) is 11.8 Å². The Morgan fingerprint density at radius 2 is 1.89 bits per heavy atom. The average molecular weight is 364 g/mol. The molecule has 0 saturated carbocycles. The summed E-state index contributed by atoms with van der Waals surface area (Å²) >= 11 is 0. The normalized spacial score (nSPS) is 15.7. The van der Waals surface area contributed by atoms with Gasteiger partial charge in [-0.15, -0.1) is 0 Å². The fourth-order valence-corrected chi connectivity index (χ4v) is 3.32. The number of ether oxygens (including phenoxy) is 1. The van der Waals surface area contributed by atoms with Crippen molar-refractivity contribution >= 4 is 17.3 Å². The van der Waals surface area contributed by atoms with Gasteiger partial charge in [0.2, 0.25) is 5.91 Å². The fraction of sp³-hybridized carbons (Fsp3) is 0.333. The Labute approximate surface area is 160 Å². The third-order valence-electron chi connectivity index (χ3n) is 4.93. The Bertz CT molecular complexity index is 838. The van der Waals surface area contributed by atoms with E-state index < -0.39 is 0 Å². The van der Waals surface area contributed by atoms with Gasteiger partial charge < -0.3 is 15.0 Å². The molecule has 3 rings (SSSR count). The van der Waals surface area contributed by atoms with Crippen LogP contribution in [0.4, 0.5) is 11.4 Å². The van der Waals surface area contributed by atoms with E-state index >= 15 is 0 Å². The molecule has 0 aromatic heterocycles. The van der Waals surface area contributed by atoms with E-state index in [1.54, 1.807) is 31.4 Å². The molecule has 2 aromatic carbocycles. The minimum Gasteiger partial charge on any atom is -0.495 e. The molecule has 27 heavy (non-hydrogen) atoms. The highest BCUT2D eigenvalue weighted by atomic mass is 16.5. The van der Waals surface area contributed by atoms with E-state index in [4.69, 9.17) is 10.00 Å². The van der Waals surface area contributed by atoms with Gasteiger partial charge in [-0.2, -0.15) is 5.26 Å². The van der Waals surface area contributed by atoms with Gasteiger partial charge in [0.15, 0.2) is 0 Å². The number of carbonyl (C=O) groups is 1. The molecular weight excluding hydrogens is 340 g/mol. The first-order valence-electron chi connectivity index (χ1n) is 9.05. The Morgan fingerprint density at radius 1 is 1.15 bits per heavy atom. The molecule has 1 saturated heterocycles. The highest BCUT2D eigenvalue weighted by molar-refractivity contribution is 5.94. The smallest absolute Gasteiger partial charge is 0.241 e. The molecular formula is C21H24N4O2. The van der Waals surface area contributed by atoms with E-state index in [1.165, 1.54) is 0 Å². The van der Waals surface area contributed by atoms with Crippen LogP contribution < -0.4 is 15.0 Å². The van der Waals surface area contributed by atoms with Crippen LogP contribution in [0.2, 0.25) is 0 Å². The number of methoxy groups -OCH3 is 1. The average Bonchev–Trinajstić information content (AvgIpc) is 2.73. The second-order valence-electron chi connectivity index (χ2n) is 6.55. The summed E-state index contributed by atoms with van der Waals surface area (Å²) in [5, 5.41) is 11.9. The minimum absolute atomic E-state index is 0.0594. The van der Waals surface area contributed by atoms with Crippen LogP contribution in [0.15, 0.2) is 48.5 Å². The molecule has 1 amide bonds. The summed E-state index contributed by atoms with van der Waals surface area (Å²) in [4.78, 5) is 17.1. The molecule has 1 aliphatic heterocycles. The molecule has 1 N–H and O–H groups in total. The summed E-state index contributed by atoms with van der Waals surface area (Å²) < 4.78 is 5.45. The maximum Gasteiger partial charge on any atom is 0.241 e. The van der Waals surface area contributed by atoms with Crippen LogP contribution in [0.3, 0.4) is 0 Å². The van der Waals surface area contributed by atoms with E-state index in [1.807, 2.05) is 25.1 Å². The second kappa shape index (κ2) is 8.56. The Kier molecular flexibility index (Phi) is 5.94. The quantitative estimate of drug-likeness (QED) is 0.883. The summed E-state index contributed by atoms with van der Waals surface area (Å²) in [6.45, 7) is 5.18. The first-order chi connectivity index (χ1) is 13.1. The first kappa shape index (κ1) is 18.7. The SMILES string of the molecule is COc1ccccc1N1CCN([C@@H](C)C(=O)Nc2cccc(C#N)c2)CC1. The topological polar surface area (TPSA) is 68.6 Å². The van der Waals surface area contributed by atoms with E-state index in [0.29, 0.717) is 11.3 Å². The lowest BCUT2D eigenvalue weighted by Gasteiger charge is -2.38. The fourth-order valence-electron chi connectivity index (χ4n) is 3.32. The molecule has 1 heterocycles. The number of nitriles is 1. The second-order valence-corrected chi connectivity index (χ2v) is 6.55. The number of hydrogen-bond acceptors (Lipinski definition) is 5. The van der Waals surface area contributed by atoms with Gasteiger partial charge in [0.1, 0.15) is 5.75 Å². The number of nitrogens with zero attached hydrogens (tertiary/aromatic N) is 3. The summed E-state index contributed by atoms with van der Waals surface area (Å²) in [5.74, 6) is 0.810. The van der Waals surface area contributed by atoms with Crippen molar-refractivity contribution in [2.45, 2.75) is 13.0 Å². The van der Waals surface area contributed by atoms with Gasteiger partial charge >= 0.3 is 0 Å². The molecule has 140 valence electrons. The van der Waals surface area contributed by atoms with Crippen LogP contribution in [0, 0.1) is 11.3 Å². The van der Waals surface area contributed by atoms with Crippen molar-refractivity contribution in [2.75, 3.05) is 43.5 Å². The molecule has 0 bridgehead atoms. The maximum atomic E-state index is 12.6. The highest BCUT2D eigenvalue weighted by Gasteiger charge is 2.26. The Morgan fingerprint density at radius 3 is 2.59 bits per heavy atom. The van der Waals surface area contributed by atoms with Crippen LogP contribution >= 0.6 is 0 Å². The lowest BCUT2D eigenvalue weighted by Crippen LogP contribution is -2.52. The molecule has 0 spiro atoms. The molecule has 0 aliphatic carbocycles. The molecule has 0 unspecified atom stereocenters. The first-order valence-corrected chi connectivity index (χ1v) is 9.05. The van der Waals surface area contributed by atoms with Crippen LogP contribution in [-0.2, 0) is 4.79 Å². The molecule has 1 atom stereocenters. The van der Waals surface area contributed by atoms with Gasteiger partial charge in [0.25, 0.3) is 0 Å². The van der Waals surface area contributed by atoms with Crippen molar-refractivity contribution < 1.29 is 9.53 Å². The zero-order chi connectivity index (χ0) is 19.2. The van der Waals surface area contributed by atoms with E-state index in [0.717, 1.165) is 37.6 Å². The summed E-state index contributed by atoms with van der Waals surface area (Å²) in [5.41, 5.74) is 2.27. The van der Waals surface area contributed by atoms with Crippen molar-refractivity contribution in [3.63, 3.8) is 0 Å². The molecule has 2 aromatic rings. The van der Waals surface area contributed by atoms with Crippen molar-refractivity contribution in [2.24, 2.45) is 0 Å². The lowest BCUT2D eigenvalue weighted by atomic mass is 10.1. The Hall–Kier alpha value is -3.04. The maximum absolute atomic E-state index is 12.6. The van der Waals surface area contributed by atoms with Crippen molar-refractivity contribution in [3.05, 3.63) is 54.1 Å². The monoisotopic (exact) mass is 364 g/mol. The van der Waals surface area contributed by atoms with Crippen LogP contribution in [0.5, 0.6) is 5.75 Å². The van der Waals surface area contributed by atoms with Gasteiger partial charge in [-0.05, 0) is 37.3 Å². The zero-order valence-corrected chi connectivity index (χ0v) is 15.7. The third kappa shape index (κ3) is 4.39. The molecule has 1 fully saturated rings. The van der Waals surface area contributed by atoms with Gasteiger partial charge in [-0.1, -0.05) is 18.2 Å². The van der Waals surface area contributed by atoms with Crippen LogP contribution in [0.25, 0.3) is 0 Å². The lowest BCUT2D eigenvalue weighted by molar-refractivity contribution is -0.120. The Balaban J connectivity index is 1.58. The number of para-hydroxylation sites is 2. The van der Waals surface area contributed by atoms with Crippen LogP contribution in [-0.4, -0.2) is 50.1 Å². The zero-order valence-electron chi connectivity index (χ0n) is 15.7. The van der Waals surface area contributed by atoms with E-state index in [2.05, 4.69) is 27.3 Å². The van der Waals surface area contributed by atoms with Crippen molar-refractivity contribution in [1.29, 1.82) is 5.26 Å². The largest absolute Gasteiger partial charge is 0.495 e. The van der Waals surface area contributed by atoms with E-state index in [9.17, 15) is 4.79 Å². The van der Waals surface area contributed by atoms with Crippen molar-refractivity contribution in [1.82, 2.24) is 4.90 Å². The molecule has 6 heteroatoms. The van der Waals surface area contributed by atoms with Gasteiger partial charge in [-0.25, -0.2) is 0 Å². The minimum atomic E-state index is -0.240. The van der Waals surface area contributed by atoms with Gasteiger partial charge in [-0.3, -0.25) is 9.69 Å². The van der Waals surface area contributed by atoms with Crippen LogP contribution in [0.1, 0.15) is 12.5 Å². The van der Waals surface area contributed by atoms with Gasteiger partial charge in [0.05, 0.1) is 30.5 Å². The molecule has 6 nitrogen and oxygen atoms in total. The predicted octanol–water partition coefficient (Wildman–Crippen LogP) is 2.72. The highest BCUT2D eigenvalue weighted by Crippen LogP contribution is 2.28. The van der Waals surface area contributed by atoms with Gasteiger partial charge in [0, 0.05) is 31.9 Å². The molecule has 0 radical (unpaired) electrons. The standard InChI is InChI=1S/C21H24N4O2/c1-16(21(26)23-18-7-5-6-17(14-18)15-22)24-10-12-25(13-11-24)19-8-3-4-9-20(19)27-2/h3-9,14,16H,10-13H2,1-2H3,(H,23,26)/t16-/m0/s1. The predicted molar refractivity (Wildman–Crippen MR) is 106 cm³/mol. The number of hydrogen-bond donors (Lipinski definition) is 1. The number of amides is 1. The number of nitrogens with one attached hydrogen (secondary N) is 1. The van der Waals surface area contributed by atoms with E-state index in [-0.39, 0.29) is 11.9 Å². The number of piperazine rings is 1. The summed E-state index contributed by atoms with van der Waals surface area (Å²) in [6, 6.07) is 16.8. The number of benzene rings is 2. The third-order valence-corrected chi connectivity index (χ3v) is 4.93. The number of anilines is 2.